The summed E-state index contributed by atoms with van der Waals surface area (Å²) >= 11 is 0. The first-order valence-corrected chi connectivity index (χ1v) is 7.85. The third-order valence-electron chi connectivity index (χ3n) is 3.14. The zero-order chi connectivity index (χ0) is 13.9. The number of hydrogen-bond acceptors (Lipinski definition) is 4. The lowest BCUT2D eigenvalue weighted by Crippen LogP contribution is -2.34. The van der Waals surface area contributed by atoms with Crippen LogP contribution in [0.15, 0.2) is 29.2 Å². The zero-order valence-electron chi connectivity index (χ0n) is 11.3. The Morgan fingerprint density at radius 3 is 2.42 bits per heavy atom. The Labute approximate surface area is 114 Å². The molecule has 6 heteroatoms. The molecule has 19 heavy (non-hydrogen) atoms. The van der Waals surface area contributed by atoms with Crippen molar-refractivity contribution >= 4 is 10.0 Å². The lowest BCUT2D eigenvalue weighted by molar-refractivity contribution is 0.318. The minimum Gasteiger partial charge on any atom is -0.492 e. The van der Waals surface area contributed by atoms with Crippen molar-refractivity contribution in [2.45, 2.75) is 30.2 Å². The minimum absolute atomic E-state index is 0.249. The van der Waals surface area contributed by atoms with Gasteiger partial charge in [0.2, 0.25) is 10.0 Å². The van der Waals surface area contributed by atoms with Gasteiger partial charge in [-0.15, -0.1) is 0 Å². The summed E-state index contributed by atoms with van der Waals surface area (Å²) < 4.78 is 32.4. The Hall–Kier alpha value is -1.11. The fourth-order valence-electron chi connectivity index (χ4n) is 1.66. The predicted octanol–water partition coefficient (Wildman–Crippen LogP) is 1.12. The van der Waals surface area contributed by atoms with Crippen LogP contribution in [0, 0.1) is 0 Å². The van der Waals surface area contributed by atoms with Crippen molar-refractivity contribution in [3.05, 3.63) is 24.3 Å². The van der Waals surface area contributed by atoms with E-state index in [1.807, 2.05) is 14.0 Å². The molecule has 1 saturated carbocycles. The molecule has 0 bridgehead atoms. The van der Waals surface area contributed by atoms with E-state index in [4.69, 9.17) is 4.74 Å². The highest BCUT2D eigenvalue weighted by Crippen LogP contribution is 2.36. The Bertz CT molecular complexity index is 521. The van der Waals surface area contributed by atoms with Crippen molar-refractivity contribution in [2.24, 2.45) is 0 Å². The maximum Gasteiger partial charge on any atom is 0.241 e. The van der Waals surface area contributed by atoms with Crippen LogP contribution in [0.5, 0.6) is 5.75 Å². The molecule has 1 aliphatic rings. The highest BCUT2D eigenvalue weighted by molar-refractivity contribution is 7.89. The van der Waals surface area contributed by atoms with Gasteiger partial charge in [0.05, 0.1) is 4.90 Å². The molecule has 0 heterocycles. The van der Waals surface area contributed by atoms with Gasteiger partial charge in [-0.3, -0.25) is 0 Å². The molecule has 2 N–H and O–H groups in total. The van der Waals surface area contributed by atoms with Crippen LogP contribution in [0.1, 0.15) is 19.8 Å². The summed E-state index contributed by atoms with van der Waals surface area (Å²) in [6.07, 6.45) is 1.80. The smallest absolute Gasteiger partial charge is 0.241 e. The van der Waals surface area contributed by atoms with E-state index in [1.165, 1.54) is 0 Å². The number of ether oxygens (including phenoxy) is 1. The maximum absolute atomic E-state index is 12.1. The molecule has 2 rings (SSSR count). The van der Waals surface area contributed by atoms with Crippen LogP contribution in [-0.2, 0) is 10.0 Å². The van der Waals surface area contributed by atoms with Crippen molar-refractivity contribution in [2.75, 3.05) is 20.2 Å². The van der Waals surface area contributed by atoms with E-state index in [2.05, 4.69) is 10.0 Å². The van der Waals surface area contributed by atoms with E-state index in [1.54, 1.807) is 24.3 Å². The van der Waals surface area contributed by atoms with E-state index < -0.39 is 10.0 Å². The van der Waals surface area contributed by atoms with Gasteiger partial charge < -0.3 is 10.1 Å². The molecule has 0 aliphatic heterocycles. The van der Waals surface area contributed by atoms with Crippen LogP contribution >= 0.6 is 0 Å². The molecule has 106 valence electrons. The van der Waals surface area contributed by atoms with Crippen molar-refractivity contribution in [3.8, 4) is 5.75 Å². The average Bonchev–Trinajstić information content (AvgIpc) is 3.07. The first-order valence-electron chi connectivity index (χ1n) is 6.37. The highest BCUT2D eigenvalue weighted by Gasteiger charge is 2.41. The fourth-order valence-corrected chi connectivity index (χ4v) is 3.12. The lowest BCUT2D eigenvalue weighted by atomic mass is 10.3. The van der Waals surface area contributed by atoms with Gasteiger partial charge in [0.25, 0.3) is 0 Å². The van der Waals surface area contributed by atoms with E-state index in [0.717, 1.165) is 19.4 Å². The molecule has 1 aromatic carbocycles. The molecule has 0 radical (unpaired) electrons. The largest absolute Gasteiger partial charge is 0.492 e. The number of sulfonamides is 1. The second kappa shape index (κ2) is 5.48. The van der Waals surface area contributed by atoms with Crippen LogP contribution in [0.3, 0.4) is 0 Å². The molecule has 0 unspecified atom stereocenters. The molecular formula is C13H20N2O3S. The van der Waals surface area contributed by atoms with Crippen LogP contribution in [0.4, 0.5) is 0 Å². The van der Waals surface area contributed by atoms with Crippen molar-refractivity contribution in [3.63, 3.8) is 0 Å². The summed E-state index contributed by atoms with van der Waals surface area (Å²) in [5.74, 6) is 0.673. The summed E-state index contributed by atoms with van der Waals surface area (Å²) in [6, 6.07) is 6.50. The highest BCUT2D eigenvalue weighted by atomic mass is 32.2. The summed E-state index contributed by atoms with van der Waals surface area (Å²) in [5.41, 5.74) is -0.249. The first-order chi connectivity index (χ1) is 8.95. The average molecular weight is 284 g/mol. The summed E-state index contributed by atoms with van der Waals surface area (Å²) in [6.45, 7) is 3.22. The maximum atomic E-state index is 12.1. The van der Waals surface area contributed by atoms with Crippen molar-refractivity contribution in [1.82, 2.24) is 10.0 Å². The molecule has 1 fully saturated rings. The van der Waals surface area contributed by atoms with Crippen LogP contribution in [0.25, 0.3) is 0 Å². The Morgan fingerprint density at radius 2 is 1.89 bits per heavy atom. The number of nitrogens with one attached hydrogen (secondary N) is 2. The Balaban J connectivity index is 2.01. The number of hydrogen-bond donors (Lipinski definition) is 2. The summed E-state index contributed by atoms with van der Waals surface area (Å²) in [5, 5.41) is 2.98. The van der Waals surface area contributed by atoms with Gasteiger partial charge in [0, 0.05) is 12.1 Å². The van der Waals surface area contributed by atoms with E-state index in [0.29, 0.717) is 12.4 Å². The predicted molar refractivity (Wildman–Crippen MR) is 73.8 cm³/mol. The van der Waals surface area contributed by atoms with Gasteiger partial charge in [0.15, 0.2) is 0 Å². The van der Waals surface area contributed by atoms with Gasteiger partial charge in [-0.1, -0.05) is 0 Å². The van der Waals surface area contributed by atoms with Gasteiger partial charge >= 0.3 is 0 Å². The fraction of sp³-hybridized carbons (Fsp3) is 0.538. The summed E-state index contributed by atoms with van der Waals surface area (Å²) in [7, 11) is -1.56. The lowest BCUT2D eigenvalue weighted by Gasteiger charge is -2.12. The number of likely N-dealkylation sites (N-methyl/N-ethyl adjacent to an activating group) is 1. The first kappa shape index (κ1) is 14.3. The molecule has 0 aromatic heterocycles. The topological polar surface area (TPSA) is 67.4 Å². The normalized spacial score (nSPS) is 17.2. The molecule has 0 spiro atoms. The second-order valence-electron chi connectivity index (χ2n) is 5.09. The van der Waals surface area contributed by atoms with Gasteiger partial charge in [-0.2, -0.15) is 0 Å². The monoisotopic (exact) mass is 284 g/mol. The van der Waals surface area contributed by atoms with Gasteiger partial charge in [-0.05, 0) is 51.1 Å². The molecule has 1 aliphatic carbocycles. The third kappa shape index (κ3) is 3.92. The van der Waals surface area contributed by atoms with Crippen LogP contribution in [0.2, 0.25) is 0 Å². The van der Waals surface area contributed by atoms with Crippen molar-refractivity contribution < 1.29 is 13.2 Å². The molecule has 5 nitrogen and oxygen atoms in total. The number of rotatable bonds is 7. The standard InChI is InChI=1S/C13H20N2O3S/c1-13(7-8-13)15-19(16,17)12-5-3-11(4-6-12)18-10-9-14-2/h3-6,14-15H,7-10H2,1-2H3. The molecule has 0 amide bonds. The second-order valence-corrected chi connectivity index (χ2v) is 6.77. The van der Waals surface area contributed by atoms with E-state index in [9.17, 15) is 8.42 Å². The Morgan fingerprint density at radius 1 is 1.26 bits per heavy atom. The van der Waals surface area contributed by atoms with Gasteiger partial charge in [-0.25, -0.2) is 13.1 Å². The minimum atomic E-state index is -3.42. The molecule has 1 aromatic rings. The van der Waals surface area contributed by atoms with E-state index >= 15 is 0 Å². The summed E-state index contributed by atoms with van der Waals surface area (Å²) in [4.78, 5) is 0.279. The van der Waals surface area contributed by atoms with E-state index in [-0.39, 0.29) is 10.4 Å². The third-order valence-corrected chi connectivity index (χ3v) is 4.79. The molecular weight excluding hydrogens is 264 g/mol. The van der Waals surface area contributed by atoms with Crippen LogP contribution < -0.4 is 14.8 Å². The Kier molecular flexibility index (Phi) is 4.13. The van der Waals surface area contributed by atoms with Gasteiger partial charge in [0.1, 0.15) is 12.4 Å². The van der Waals surface area contributed by atoms with Crippen molar-refractivity contribution in [1.29, 1.82) is 0 Å². The number of benzene rings is 1. The van der Waals surface area contributed by atoms with Crippen LogP contribution in [-0.4, -0.2) is 34.2 Å². The zero-order valence-corrected chi connectivity index (χ0v) is 12.1. The molecule has 0 saturated heterocycles. The molecule has 0 atom stereocenters. The SMILES string of the molecule is CNCCOc1ccc(S(=O)(=O)NC2(C)CC2)cc1. The quantitative estimate of drug-likeness (QED) is 0.736.